The number of hydrogen-bond acceptors (Lipinski definition) is 2. The lowest BCUT2D eigenvalue weighted by Crippen LogP contribution is -2.33. The Labute approximate surface area is 119 Å². The summed E-state index contributed by atoms with van der Waals surface area (Å²) in [6.07, 6.45) is 0. The zero-order chi connectivity index (χ0) is 14.8. The van der Waals surface area contributed by atoms with Gasteiger partial charge in [-0.3, -0.25) is 0 Å². The molecule has 0 aliphatic heterocycles. The van der Waals surface area contributed by atoms with E-state index in [0.29, 0.717) is 0 Å². The Morgan fingerprint density at radius 2 is 1.75 bits per heavy atom. The van der Waals surface area contributed by atoms with Gasteiger partial charge in [0.1, 0.15) is 11.6 Å². The fourth-order valence-corrected chi connectivity index (χ4v) is 2.31. The highest BCUT2D eigenvalue weighted by molar-refractivity contribution is 5.35. The minimum Gasteiger partial charge on any atom is -0.497 e. The zero-order valence-electron chi connectivity index (χ0n) is 12.1. The molecule has 2 rings (SSSR count). The molecule has 0 heterocycles. The first-order valence-electron chi connectivity index (χ1n) is 6.60. The van der Waals surface area contributed by atoms with Crippen LogP contribution in [0.3, 0.4) is 0 Å². The molecule has 106 valence electrons. The summed E-state index contributed by atoms with van der Waals surface area (Å²) >= 11 is 0. The Kier molecular flexibility index (Phi) is 4.09. The molecule has 20 heavy (non-hydrogen) atoms. The van der Waals surface area contributed by atoms with Crippen LogP contribution in [-0.2, 0) is 5.41 Å². The Morgan fingerprint density at radius 3 is 2.35 bits per heavy atom. The summed E-state index contributed by atoms with van der Waals surface area (Å²) in [5, 5.41) is 0. The minimum atomic E-state index is -0.305. The highest BCUT2D eigenvalue weighted by atomic mass is 19.1. The lowest BCUT2D eigenvalue weighted by molar-refractivity contribution is 0.403. The summed E-state index contributed by atoms with van der Waals surface area (Å²) in [7, 11) is 1.63. The SMILES string of the molecule is COc1cccc(C(N)C(C)(C)c2ccc(F)cc2)c1. The van der Waals surface area contributed by atoms with Gasteiger partial charge < -0.3 is 10.5 Å². The smallest absolute Gasteiger partial charge is 0.123 e. The molecule has 2 aromatic carbocycles. The molecule has 0 spiro atoms. The molecule has 1 unspecified atom stereocenters. The second-order valence-electron chi connectivity index (χ2n) is 5.48. The number of hydrogen-bond donors (Lipinski definition) is 1. The Morgan fingerprint density at radius 1 is 1.10 bits per heavy atom. The van der Waals surface area contributed by atoms with Gasteiger partial charge in [-0.15, -0.1) is 0 Å². The van der Waals surface area contributed by atoms with Crippen molar-refractivity contribution in [3.8, 4) is 5.75 Å². The van der Waals surface area contributed by atoms with E-state index in [-0.39, 0.29) is 17.3 Å². The van der Waals surface area contributed by atoms with Crippen LogP contribution in [-0.4, -0.2) is 7.11 Å². The predicted octanol–water partition coefficient (Wildman–Crippen LogP) is 3.81. The van der Waals surface area contributed by atoms with E-state index in [1.807, 2.05) is 24.3 Å². The van der Waals surface area contributed by atoms with Crippen LogP contribution in [0.2, 0.25) is 0 Å². The lowest BCUT2D eigenvalue weighted by Gasteiger charge is -2.32. The fourth-order valence-electron chi connectivity index (χ4n) is 2.31. The highest BCUT2D eigenvalue weighted by Gasteiger charge is 2.29. The van der Waals surface area contributed by atoms with Crippen molar-refractivity contribution in [3.05, 3.63) is 65.5 Å². The predicted molar refractivity (Wildman–Crippen MR) is 79.3 cm³/mol. The van der Waals surface area contributed by atoms with Crippen LogP contribution in [0.5, 0.6) is 5.75 Å². The second-order valence-corrected chi connectivity index (χ2v) is 5.48. The maximum absolute atomic E-state index is 13.0. The van der Waals surface area contributed by atoms with Gasteiger partial charge in [0.05, 0.1) is 7.11 Å². The molecular formula is C17H20FNO. The molecule has 2 nitrogen and oxygen atoms in total. The first-order chi connectivity index (χ1) is 9.45. The standard InChI is InChI=1S/C17H20FNO/c1-17(2,13-7-9-14(18)10-8-13)16(19)12-5-4-6-15(11-12)20-3/h4-11,16H,19H2,1-3H3. The van der Waals surface area contributed by atoms with E-state index >= 15 is 0 Å². The zero-order valence-corrected chi connectivity index (χ0v) is 12.1. The van der Waals surface area contributed by atoms with Crippen molar-refractivity contribution < 1.29 is 9.13 Å². The van der Waals surface area contributed by atoms with E-state index in [9.17, 15) is 4.39 Å². The third-order valence-corrected chi connectivity index (χ3v) is 3.82. The molecule has 0 radical (unpaired) electrons. The van der Waals surface area contributed by atoms with Crippen molar-refractivity contribution in [1.82, 2.24) is 0 Å². The van der Waals surface area contributed by atoms with Gasteiger partial charge >= 0.3 is 0 Å². The van der Waals surface area contributed by atoms with Crippen molar-refractivity contribution in [1.29, 1.82) is 0 Å². The molecule has 1 atom stereocenters. The molecule has 0 bridgehead atoms. The molecule has 0 amide bonds. The van der Waals surface area contributed by atoms with E-state index in [2.05, 4.69) is 13.8 Å². The normalized spacial score (nSPS) is 13.1. The number of ether oxygens (including phenoxy) is 1. The van der Waals surface area contributed by atoms with Crippen molar-refractivity contribution in [2.75, 3.05) is 7.11 Å². The van der Waals surface area contributed by atoms with E-state index in [4.69, 9.17) is 10.5 Å². The molecule has 0 saturated heterocycles. The van der Waals surface area contributed by atoms with E-state index in [1.165, 1.54) is 12.1 Å². The molecule has 0 aromatic heterocycles. The summed E-state index contributed by atoms with van der Waals surface area (Å²) in [4.78, 5) is 0. The molecule has 0 saturated carbocycles. The number of rotatable bonds is 4. The molecule has 2 aromatic rings. The topological polar surface area (TPSA) is 35.2 Å². The number of methoxy groups -OCH3 is 1. The monoisotopic (exact) mass is 273 g/mol. The van der Waals surface area contributed by atoms with Crippen LogP contribution in [0, 0.1) is 5.82 Å². The Hall–Kier alpha value is -1.87. The molecule has 0 aliphatic rings. The van der Waals surface area contributed by atoms with Crippen LogP contribution in [0.15, 0.2) is 48.5 Å². The minimum absolute atomic E-state index is 0.205. The van der Waals surface area contributed by atoms with Crippen molar-refractivity contribution in [3.63, 3.8) is 0 Å². The second kappa shape index (κ2) is 5.63. The maximum atomic E-state index is 13.0. The van der Waals surface area contributed by atoms with Gasteiger partial charge in [-0.1, -0.05) is 38.1 Å². The highest BCUT2D eigenvalue weighted by Crippen LogP contribution is 2.36. The maximum Gasteiger partial charge on any atom is 0.123 e. The van der Waals surface area contributed by atoms with Crippen molar-refractivity contribution in [2.45, 2.75) is 25.3 Å². The lowest BCUT2D eigenvalue weighted by atomic mass is 9.75. The average Bonchev–Trinajstić information content (AvgIpc) is 2.47. The summed E-state index contributed by atoms with van der Waals surface area (Å²) in [5.41, 5.74) is 8.12. The number of halogens is 1. The summed E-state index contributed by atoms with van der Waals surface area (Å²) in [6.45, 7) is 4.12. The molecule has 3 heteroatoms. The van der Waals surface area contributed by atoms with Gasteiger partial charge in [0.25, 0.3) is 0 Å². The van der Waals surface area contributed by atoms with Crippen molar-refractivity contribution >= 4 is 0 Å². The molecule has 2 N–H and O–H groups in total. The van der Waals surface area contributed by atoms with Crippen LogP contribution in [0.4, 0.5) is 4.39 Å². The summed E-state index contributed by atoms with van der Waals surface area (Å²) in [5.74, 6) is 0.548. The first kappa shape index (κ1) is 14.5. The van der Waals surface area contributed by atoms with Gasteiger partial charge in [-0.05, 0) is 35.4 Å². The summed E-state index contributed by atoms with van der Waals surface area (Å²) < 4.78 is 18.3. The van der Waals surface area contributed by atoms with Gasteiger partial charge in [0, 0.05) is 11.5 Å². The van der Waals surface area contributed by atoms with E-state index < -0.39 is 0 Å². The first-order valence-corrected chi connectivity index (χ1v) is 6.60. The fraction of sp³-hybridized carbons (Fsp3) is 0.294. The van der Waals surface area contributed by atoms with Crippen LogP contribution < -0.4 is 10.5 Å². The third-order valence-electron chi connectivity index (χ3n) is 3.82. The van der Waals surface area contributed by atoms with Gasteiger partial charge in [-0.25, -0.2) is 4.39 Å². The largest absolute Gasteiger partial charge is 0.497 e. The molecule has 0 aliphatic carbocycles. The summed E-state index contributed by atoms with van der Waals surface area (Å²) in [6, 6.07) is 14.0. The molecule has 0 fully saturated rings. The van der Waals surface area contributed by atoms with E-state index in [1.54, 1.807) is 19.2 Å². The van der Waals surface area contributed by atoms with Crippen LogP contribution in [0.1, 0.15) is 31.0 Å². The number of nitrogens with two attached hydrogens (primary N) is 1. The quantitative estimate of drug-likeness (QED) is 0.919. The average molecular weight is 273 g/mol. The Balaban J connectivity index is 2.34. The van der Waals surface area contributed by atoms with Gasteiger partial charge in [0.2, 0.25) is 0 Å². The van der Waals surface area contributed by atoms with E-state index in [0.717, 1.165) is 16.9 Å². The number of benzene rings is 2. The van der Waals surface area contributed by atoms with Crippen LogP contribution in [0.25, 0.3) is 0 Å². The third kappa shape index (κ3) is 2.83. The molecular weight excluding hydrogens is 253 g/mol. The van der Waals surface area contributed by atoms with Crippen molar-refractivity contribution in [2.24, 2.45) is 5.73 Å². The van der Waals surface area contributed by atoms with Crippen LogP contribution >= 0.6 is 0 Å². The van der Waals surface area contributed by atoms with Gasteiger partial charge in [0.15, 0.2) is 0 Å². The Bertz CT molecular complexity index is 578. The van der Waals surface area contributed by atoms with Gasteiger partial charge in [-0.2, -0.15) is 0 Å².